The number of methoxy groups -OCH3 is 1. The number of carbonyl (C=O) groups excluding carboxylic acids is 2. The summed E-state index contributed by atoms with van der Waals surface area (Å²) in [5.74, 6) is -0.463. The molecule has 0 aromatic carbocycles. The predicted octanol–water partition coefficient (Wildman–Crippen LogP) is 0.847. The van der Waals surface area contributed by atoms with Crippen molar-refractivity contribution in [2.75, 3.05) is 40.1 Å². The maximum absolute atomic E-state index is 11.5. The molecule has 122 valence electrons. The Morgan fingerprint density at radius 3 is 2.57 bits per heavy atom. The lowest BCUT2D eigenvalue weighted by atomic mass is 10.3. The molecule has 0 aromatic heterocycles. The first-order chi connectivity index (χ1) is 9.97. The minimum absolute atomic E-state index is 0.106. The van der Waals surface area contributed by atoms with Crippen molar-refractivity contribution >= 4 is 12.0 Å². The zero-order valence-corrected chi connectivity index (χ0v) is 13.1. The Hall–Kier alpha value is -1.60. The molecule has 1 unspecified atom stereocenters. The van der Waals surface area contributed by atoms with Crippen LogP contribution in [0.25, 0.3) is 0 Å². The van der Waals surface area contributed by atoms with E-state index in [9.17, 15) is 9.59 Å². The van der Waals surface area contributed by atoms with Crippen LogP contribution in [0.15, 0.2) is 12.2 Å². The van der Waals surface area contributed by atoms with E-state index in [0.29, 0.717) is 25.4 Å². The fraction of sp³-hybridized carbons (Fsp3) is 0.714. The van der Waals surface area contributed by atoms with Gasteiger partial charge in [0.15, 0.2) is 0 Å². The molecule has 0 aliphatic carbocycles. The van der Waals surface area contributed by atoms with E-state index < -0.39 is 5.97 Å². The minimum Gasteiger partial charge on any atom is -0.460 e. The number of ether oxygens (including phenoxy) is 3. The lowest BCUT2D eigenvalue weighted by Gasteiger charge is -2.15. The van der Waals surface area contributed by atoms with Gasteiger partial charge in [-0.05, 0) is 20.3 Å². The fourth-order valence-corrected chi connectivity index (χ4v) is 1.31. The molecule has 0 spiro atoms. The van der Waals surface area contributed by atoms with Gasteiger partial charge < -0.3 is 24.8 Å². The molecule has 0 radical (unpaired) electrons. The summed E-state index contributed by atoms with van der Waals surface area (Å²) in [7, 11) is 1.64. The van der Waals surface area contributed by atoms with Crippen molar-refractivity contribution < 1.29 is 23.8 Å². The van der Waals surface area contributed by atoms with Crippen LogP contribution in [0.3, 0.4) is 0 Å². The SMILES string of the molecule is C=C(C)C(=O)OCCNC(=O)NC(C)COCCCOC. The van der Waals surface area contributed by atoms with Crippen LogP contribution in [0.4, 0.5) is 4.79 Å². The van der Waals surface area contributed by atoms with Crippen molar-refractivity contribution in [1.29, 1.82) is 0 Å². The molecule has 0 aliphatic rings. The molecule has 2 amide bonds. The second-order valence-electron chi connectivity index (χ2n) is 4.64. The number of rotatable bonds is 11. The third-order valence-corrected chi connectivity index (χ3v) is 2.35. The van der Waals surface area contributed by atoms with Crippen LogP contribution in [0.1, 0.15) is 20.3 Å². The van der Waals surface area contributed by atoms with Gasteiger partial charge in [0.1, 0.15) is 6.61 Å². The summed E-state index contributed by atoms with van der Waals surface area (Å²) in [5.41, 5.74) is 0.332. The number of hydrogen-bond acceptors (Lipinski definition) is 5. The van der Waals surface area contributed by atoms with Crippen LogP contribution in [0.5, 0.6) is 0 Å². The van der Waals surface area contributed by atoms with Gasteiger partial charge in [0.25, 0.3) is 0 Å². The van der Waals surface area contributed by atoms with E-state index in [0.717, 1.165) is 6.42 Å². The zero-order valence-electron chi connectivity index (χ0n) is 13.1. The molecule has 21 heavy (non-hydrogen) atoms. The number of hydrogen-bond donors (Lipinski definition) is 2. The summed E-state index contributed by atoms with van der Waals surface area (Å²) in [6.07, 6.45) is 0.823. The van der Waals surface area contributed by atoms with Crippen LogP contribution in [-0.4, -0.2) is 58.1 Å². The van der Waals surface area contributed by atoms with Gasteiger partial charge in [-0.15, -0.1) is 0 Å². The number of esters is 1. The molecule has 2 N–H and O–H groups in total. The number of urea groups is 1. The van der Waals surface area contributed by atoms with Crippen LogP contribution in [-0.2, 0) is 19.0 Å². The molecule has 0 saturated carbocycles. The highest BCUT2D eigenvalue weighted by Crippen LogP contribution is 1.91. The summed E-state index contributed by atoms with van der Waals surface area (Å²) < 4.78 is 15.1. The topological polar surface area (TPSA) is 85.9 Å². The molecule has 0 aromatic rings. The highest BCUT2D eigenvalue weighted by Gasteiger charge is 2.07. The molecule has 0 aliphatic heterocycles. The smallest absolute Gasteiger partial charge is 0.333 e. The zero-order chi connectivity index (χ0) is 16.1. The van der Waals surface area contributed by atoms with Crippen molar-refractivity contribution in [3.63, 3.8) is 0 Å². The van der Waals surface area contributed by atoms with E-state index in [1.165, 1.54) is 0 Å². The molecular formula is C14H26N2O5. The van der Waals surface area contributed by atoms with Gasteiger partial charge in [-0.3, -0.25) is 0 Å². The van der Waals surface area contributed by atoms with E-state index in [4.69, 9.17) is 14.2 Å². The third kappa shape index (κ3) is 11.9. The largest absolute Gasteiger partial charge is 0.460 e. The Labute approximate surface area is 126 Å². The van der Waals surface area contributed by atoms with Crippen molar-refractivity contribution in [2.24, 2.45) is 0 Å². The molecule has 0 heterocycles. The number of carbonyl (C=O) groups is 2. The summed E-state index contributed by atoms with van der Waals surface area (Å²) in [6, 6.07) is -0.431. The maximum atomic E-state index is 11.5. The summed E-state index contributed by atoms with van der Waals surface area (Å²) in [4.78, 5) is 22.6. The van der Waals surface area contributed by atoms with Crippen LogP contribution in [0, 0.1) is 0 Å². The van der Waals surface area contributed by atoms with Gasteiger partial charge >= 0.3 is 12.0 Å². The van der Waals surface area contributed by atoms with E-state index in [2.05, 4.69) is 17.2 Å². The van der Waals surface area contributed by atoms with Crippen molar-refractivity contribution in [3.05, 3.63) is 12.2 Å². The Morgan fingerprint density at radius 1 is 1.24 bits per heavy atom. The normalized spacial score (nSPS) is 11.6. The Balaban J connectivity index is 3.55. The first-order valence-electron chi connectivity index (χ1n) is 6.91. The molecule has 7 nitrogen and oxygen atoms in total. The molecule has 0 rings (SSSR count). The monoisotopic (exact) mass is 302 g/mol. The Kier molecular flexibility index (Phi) is 11.2. The lowest BCUT2D eigenvalue weighted by Crippen LogP contribution is -2.43. The number of amides is 2. The Morgan fingerprint density at radius 2 is 1.95 bits per heavy atom. The lowest BCUT2D eigenvalue weighted by molar-refractivity contribution is -0.138. The molecule has 0 fully saturated rings. The Bertz CT molecular complexity index is 333. The molecule has 0 bridgehead atoms. The molecule has 0 saturated heterocycles. The third-order valence-electron chi connectivity index (χ3n) is 2.35. The average molecular weight is 302 g/mol. The maximum Gasteiger partial charge on any atom is 0.333 e. The molecular weight excluding hydrogens is 276 g/mol. The quantitative estimate of drug-likeness (QED) is 0.336. The summed E-state index contributed by atoms with van der Waals surface area (Å²) in [6.45, 7) is 8.91. The van der Waals surface area contributed by atoms with Crippen LogP contribution in [0.2, 0.25) is 0 Å². The van der Waals surface area contributed by atoms with Crippen molar-refractivity contribution in [2.45, 2.75) is 26.3 Å². The van der Waals surface area contributed by atoms with Crippen molar-refractivity contribution in [3.8, 4) is 0 Å². The summed E-state index contributed by atoms with van der Waals surface area (Å²) in [5, 5.41) is 5.30. The van der Waals surface area contributed by atoms with Gasteiger partial charge in [-0.2, -0.15) is 0 Å². The van der Waals surface area contributed by atoms with E-state index >= 15 is 0 Å². The summed E-state index contributed by atoms with van der Waals surface area (Å²) >= 11 is 0. The van der Waals surface area contributed by atoms with Crippen molar-refractivity contribution in [1.82, 2.24) is 10.6 Å². The molecule has 1 atom stereocenters. The standard InChI is InChI=1S/C14H26N2O5/c1-11(2)13(17)21-9-6-15-14(18)16-12(3)10-20-8-5-7-19-4/h12H,1,5-10H2,2-4H3,(H2,15,16,18). The first kappa shape index (κ1) is 19.4. The highest BCUT2D eigenvalue weighted by atomic mass is 16.5. The minimum atomic E-state index is -0.463. The second kappa shape index (κ2) is 12.2. The second-order valence-corrected chi connectivity index (χ2v) is 4.64. The van der Waals surface area contributed by atoms with Gasteiger partial charge in [0.2, 0.25) is 0 Å². The van der Waals surface area contributed by atoms with Gasteiger partial charge in [-0.1, -0.05) is 6.58 Å². The van der Waals surface area contributed by atoms with E-state index in [1.807, 2.05) is 6.92 Å². The average Bonchev–Trinajstić information content (AvgIpc) is 2.42. The van der Waals surface area contributed by atoms with Gasteiger partial charge in [0, 0.05) is 25.9 Å². The van der Waals surface area contributed by atoms with E-state index in [-0.39, 0.29) is 25.2 Å². The van der Waals surface area contributed by atoms with Crippen LogP contribution >= 0.6 is 0 Å². The predicted molar refractivity (Wildman–Crippen MR) is 79.1 cm³/mol. The van der Waals surface area contributed by atoms with Gasteiger partial charge in [0.05, 0.1) is 19.2 Å². The number of nitrogens with one attached hydrogen (secondary N) is 2. The van der Waals surface area contributed by atoms with E-state index in [1.54, 1.807) is 14.0 Å². The highest BCUT2D eigenvalue weighted by molar-refractivity contribution is 5.86. The molecule has 7 heteroatoms. The first-order valence-corrected chi connectivity index (χ1v) is 6.91. The van der Waals surface area contributed by atoms with Gasteiger partial charge in [-0.25, -0.2) is 9.59 Å². The fourth-order valence-electron chi connectivity index (χ4n) is 1.31. The van der Waals surface area contributed by atoms with Crippen LogP contribution < -0.4 is 10.6 Å².